The zero-order chi connectivity index (χ0) is 14.0. The molecule has 1 heterocycles. The summed E-state index contributed by atoms with van der Waals surface area (Å²) in [7, 11) is 0. The van der Waals surface area contributed by atoms with Gasteiger partial charge in [0, 0.05) is 24.7 Å². The van der Waals surface area contributed by atoms with Crippen LogP contribution in [0.3, 0.4) is 0 Å². The average Bonchev–Trinajstić information content (AvgIpc) is 2.72. The second-order valence-corrected chi connectivity index (χ2v) is 5.26. The molecule has 0 radical (unpaired) electrons. The van der Waals surface area contributed by atoms with E-state index in [-0.39, 0.29) is 6.04 Å². The molecule has 0 aliphatic rings. The smallest absolute Gasteiger partial charge is 0.0596 e. The highest BCUT2D eigenvalue weighted by Gasteiger charge is 2.13. The summed E-state index contributed by atoms with van der Waals surface area (Å²) in [5.74, 6) is 0. The number of nitrogens with zero attached hydrogens (tertiary/aromatic N) is 2. The van der Waals surface area contributed by atoms with E-state index in [1.165, 1.54) is 22.4 Å². The summed E-state index contributed by atoms with van der Waals surface area (Å²) in [5.41, 5.74) is 12.4. The molecule has 0 amide bonds. The second kappa shape index (κ2) is 5.57. The quantitative estimate of drug-likeness (QED) is 0.914. The Morgan fingerprint density at radius 2 is 1.95 bits per heavy atom. The molecule has 0 fully saturated rings. The third kappa shape index (κ3) is 3.04. The summed E-state index contributed by atoms with van der Waals surface area (Å²) < 4.78 is 2.04. The zero-order valence-corrected chi connectivity index (χ0v) is 12.3. The van der Waals surface area contributed by atoms with E-state index >= 15 is 0 Å². The Bertz CT molecular complexity index is 569. The summed E-state index contributed by atoms with van der Waals surface area (Å²) in [4.78, 5) is 0. The Hall–Kier alpha value is -1.61. The van der Waals surface area contributed by atoms with Crippen LogP contribution in [0.5, 0.6) is 0 Å². The maximum absolute atomic E-state index is 6.39. The van der Waals surface area contributed by atoms with Gasteiger partial charge in [-0.25, -0.2) is 0 Å². The molecule has 2 N–H and O–H groups in total. The van der Waals surface area contributed by atoms with Gasteiger partial charge in [-0.2, -0.15) is 5.10 Å². The minimum Gasteiger partial charge on any atom is -0.324 e. The van der Waals surface area contributed by atoms with Crippen molar-refractivity contribution in [3.05, 3.63) is 52.3 Å². The van der Waals surface area contributed by atoms with Gasteiger partial charge in [0.05, 0.1) is 5.69 Å². The molecule has 0 spiro atoms. The van der Waals surface area contributed by atoms with Crippen molar-refractivity contribution in [3.63, 3.8) is 0 Å². The van der Waals surface area contributed by atoms with Gasteiger partial charge in [0.15, 0.2) is 0 Å². The van der Waals surface area contributed by atoms with Crippen molar-refractivity contribution in [3.8, 4) is 0 Å². The molecule has 3 nitrogen and oxygen atoms in total. The third-order valence-electron chi connectivity index (χ3n) is 3.55. The Morgan fingerprint density at radius 1 is 1.21 bits per heavy atom. The van der Waals surface area contributed by atoms with Crippen molar-refractivity contribution in [1.29, 1.82) is 0 Å². The lowest BCUT2D eigenvalue weighted by molar-refractivity contribution is 0.586. The topological polar surface area (TPSA) is 43.8 Å². The largest absolute Gasteiger partial charge is 0.324 e. The van der Waals surface area contributed by atoms with Crippen LogP contribution in [0.4, 0.5) is 0 Å². The SMILES string of the molecule is CCn1nc(C)cc1CC(N)c1cc(C)ccc1C. The van der Waals surface area contributed by atoms with Crippen LogP contribution in [0, 0.1) is 20.8 Å². The van der Waals surface area contributed by atoms with Crippen molar-refractivity contribution in [2.45, 2.75) is 46.7 Å². The number of hydrogen-bond donors (Lipinski definition) is 1. The molecule has 0 aliphatic carbocycles. The number of rotatable bonds is 4. The van der Waals surface area contributed by atoms with Crippen LogP contribution < -0.4 is 5.73 Å². The number of hydrogen-bond acceptors (Lipinski definition) is 2. The highest BCUT2D eigenvalue weighted by Crippen LogP contribution is 2.21. The van der Waals surface area contributed by atoms with E-state index in [4.69, 9.17) is 5.73 Å². The second-order valence-electron chi connectivity index (χ2n) is 5.26. The molecule has 1 aromatic carbocycles. The van der Waals surface area contributed by atoms with Crippen LogP contribution in [-0.4, -0.2) is 9.78 Å². The van der Waals surface area contributed by atoms with E-state index in [0.717, 1.165) is 18.7 Å². The first-order chi connectivity index (χ1) is 9.01. The van der Waals surface area contributed by atoms with Gasteiger partial charge >= 0.3 is 0 Å². The zero-order valence-electron chi connectivity index (χ0n) is 12.3. The van der Waals surface area contributed by atoms with Crippen molar-refractivity contribution in [2.24, 2.45) is 5.73 Å². The fraction of sp³-hybridized carbons (Fsp3) is 0.438. The first kappa shape index (κ1) is 13.8. The Morgan fingerprint density at radius 3 is 2.63 bits per heavy atom. The lowest BCUT2D eigenvalue weighted by Crippen LogP contribution is -2.17. The molecule has 1 atom stereocenters. The van der Waals surface area contributed by atoms with Crippen molar-refractivity contribution in [2.75, 3.05) is 0 Å². The number of benzene rings is 1. The summed E-state index contributed by atoms with van der Waals surface area (Å²) in [6, 6.07) is 8.63. The fourth-order valence-corrected chi connectivity index (χ4v) is 2.53. The summed E-state index contributed by atoms with van der Waals surface area (Å²) >= 11 is 0. The third-order valence-corrected chi connectivity index (χ3v) is 3.55. The minimum atomic E-state index is 0.0290. The Balaban J connectivity index is 2.25. The van der Waals surface area contributed by atoms with Crippen molar-refractivity contribution >= 4 is 0 Å². The first-order valence-electron chi connectivity index (χ1n) is 6.87. The van der Waals surface area contributed by atoms with Gasteiger partial charge in [0.1, 0.15) is 0 Å². The summed E-state index contributed by atoms with van der Waals surface area (Å²) in [6.07, 6.45) is 0.832. The predicted molar refractivity (Wildman–Crippen MR) is 79.2 cm³/mol. The van der Waals surface area contributed by atoms with E-state index in [1.54, 1.807) is 0 Å². The van der Waals surface area contributed by atoms with Crippen molar-refractivity contribution < 1.29 is 0 Å². The van der Waals surface area contributed by atoms with Gasteiger partial charge in [-0.3, -0.25) is 4.68 Å². The Kier molecular flexibility index (Phi) is 4.05. The average molecular weight is 257 g/mol. The highest BCUT2D eigenvalue weighted by atomic mass is 15.3. The standard InChI is InChI=1S/C16H23N3/c1-5-19-14(9-13(4)18-19)10-16(17)15-8-11(2)6-7-12(15)3/h6-9,16H,5,10,17H2,1-4H3. The van der Waals surface area contributed by atoms with Crippen LogP contribution >= 0.6 is 0 Å². The monoisotopic (exact) mass is 257 g/mol. The highest BCUT2D eigenvalue weighted by molar-refractivity contribution is 5.33. The van der Waals surface area contributed by atoms with Gasteiger partial charge in [0.25, 0.3) is 0 Å². The summed E-state index contributed by atoms with van der Waals surface area (Å²) in [5, 5.41) is 4.48. The van der Waals surface area contributed by atoms with Crippen molar-refractivity contribution in [1.82, 2.24) is 9.78 Å². The van der Waals surface area contributed by atoms with E-state index in [0.29, 0.717) is 0 Å². The lowest BCUT2D eigenvalue weighted by atomic mass is 9.96. The normalized spacial score (nSPS) is 12.7. The number of aryl methyl sites for hydroxylation is 4. The maximum atomic E-state index is 6.39. The number of aromatic nitrogens is 2. The van der Waals surface area contributed by atoms with Crippen LogP contribution in [0.2, 0.25) is 0 Å². The van der Waals surface area contributed by atoms with Crippen LogP contribution in [0.1, 0.15) is 41.0 Å². The summed E-state index contributed by atoms with van der Waals surface area (Å²) in [6.45, 7) is 9.26. The van der Waals surface area contributed by atoms with Gasteiger partial charge < -0.3 is 5.73 Å². The molecule has 2 aromatic rings. The predicted octanol–water partition coefficient (Wildman–Crippen LogP) is 3.07. The minimum absolute atomic E-state index is 0.0290. The molecule has 1 aromatic heterocycles. The molecule has 3 heteroatoms. The fourth-order valence-electron chi connectivity index (χ4n) is 2.53. The van der Waals surface area contributed by atoms with E-state index in [1.807, 2.05) is 11.6 Å². The van der Waals surface area contributed by atoms with Gasteiger partial charge in [-0.05, 0) is 44.9 Å². The molecule has 2 rings (SSSR count). The molecule has 0 aliphatic heterocycles. The molecule has 1 unspecified atom stereocenters. The van der Waals surface area contributed by atoms with Crippen LogP contribution in [-0.2, 0) is 13.0 Å². The Labute approximate surface area is 115 Å². The van der Waals surface area contributed by atoms with E-state index in [9.17, 15) is 0 Å². The maximum Gasteiger partial charge on any atom is 0.0596 e. The number of nitrogens with two attached hydrogens (primary N) is 1. The molecular formula is C16H23N3. The van der Waals surface area contributed by atoms with Gasteiger partial charge in [0.2, 0.25) is 0 Å². The van der Waals surface area contributed by atoms with Crippen LogP contribution in [0.15, 0.2) is 24.3 Å². The lowest BCUT2D eigenvalue weighted by Gasteiger charge is -2.16. The molecular weight excluding hydrogens is 234 g/mol. The molecule has 102 valence electrons. The van der Waals surface area contributed by atoms with Gasteiger partial charge in [-0.15, -0.1) is 0 Å². The molecule has 0 saturated heterocycles. The first-order valence-corrected chi connectivity index (χ1v) is 6.87. The van der Waals surface area contributed by atoms with E-state index < -0.39 is 0 Å². The molecule has 19 heavy (non-hydrogen) atoms. The van der Waals surface area contributed by atoms with Gasteiger partial charge in [-0.1, -0.05) is 23.8 Å². The molecule has 0 saturated carbocycles. The molecule has 0 bridgehead atoms. The van der Waals surface area contributed by atoms with Crippen LogP contribution in [0.25, 0.3) is 0 Å². The van der Waals surface area contributed by atoms with E-state index in [2.05, 4.69) is 50.1 Å².